The highest BCUT2D eigenvalue weighted by atomic mass is 15.2. The summed E-state index contributed by atoms with van der Waals surface area (Å²) in [5.74, 6) is 1.84. The summed E-state index contributed by atoms with van der Waals surface area (Å²) in [6.45, 7) is 7.94. The molecule has 1 saturated heterocycles. The monoisotopic (exact) mass is 309 g/mol. The lowest BCUT2D eigenvalue weighted by Crippen LogP contribution is -2.52. The lowest BCUT2D eigenvalue weighted by atomic mass is 10.0. The molecule has 2 fully saturated rings. The summed E-state index contributed by atoms with van der Waals surface area (Å²) < 4.78 is 0. The molecule has 1 atom stereocenters. The summed E-state index contributed by atoms with van der Waals surface area (Å²) in [6.07, 6.45) is 5.17. The molecule has 1 aliphatic carbocycles. The van der Waals surface area contributed by atoms with Gasteiger partial charge in [-0.2, -0.15) is 0 Å². The molecule has 1 aliphatic heterocycles. The van der Waals surface area contributed by atoms with Gasteiger partial charge in [0.2, 0.25) is 0 Å². The van der Waals surface area contributed by atoms with Crippen molar-refractivity contribution in [2.45, 2.75) is 57.7 Å². The van der Waals surface area contributed by atoms with Crippen molar-refractivity contribution in [3.63, 3.8) is 0 Å². The average molecular weight is 310 g/mol. The number of piperidine rings is 1. The van der Waals surface area contributed by atoms with Crippen LogP contribution in [0.15, 0.2) is 4.99 Å². The van der Waals surface area contributed by atoms with Crippen LogP contribution < -0.4 is 10.6 Å². The van der Waals surface area contributed by atoms with Gasteiger partial charge in [0.15, 0.2) is 5.96 Å². The maximum Gasteiger partial charge on any atom is 0.191 e. The van der Waals surface area contributed by atoms with E-state index in [4.69, 9.17) is 0 Å². The first-order valence-electron chi connectivity index (χ1n) is 8.89. The van der Waals surface area contributed by atoms with Crippen LogP contribution in [0.3, 0.4) is 0 Å². The van der Waals surface area contributed by atoms with Gasteiger partial charge in [-0.1, -0.05) is 0 Å². The quantitative estimate of drug-likeness (QED) is 0.574. The molecular formula is C17H35N5. The van der Waals surface area contributed by atoms with Crippen molar-refractivity contribution in [2.24, 2.45) is 10.9 Å². The molecule has 0 aromatic carbocycles. The number of aliphatic imine (C=N–C) groups is 1. The van der Waals surface area contributed by atoms with Crippen molar-refractivity contribution in [3.8, 4) is 0 Å². The fourth-order valence-electron chi connectivity index (χ4n) is 3.40. The second kappa shape index (κ2) is 8.16. The third-order valence-electron chi connectivity index (χ3n) is 5.13. The summed E-state index contributed by atoms with van der Waals surface area (Å²) in [5, 5.41) is 7.15. The van der Waals surface area contributed by atoms with E-state index in [1.54, 1.807) is 0 Å². The van der Waals surface area contributed by atoms with E-state index in [1.165, 1.54) is 38.8 Å². The van der Waals surface area contributed by atoms with Crippen LogP contribution in [0, 0.1) is 5.92 Å². The molecule has 128 valence electrons. The van der Waals surface area contributed by atoms with Crippen LogP contribution in [0.4, 0.5) is 0 Å². The van der Waals surface area contributed by atoms with Crippen LogP contribution in [-0.4, -0.2) is 74.7 Å². The predicted molar refractivity (Wildman–Crippen MR) is 94.4 cm³/mol. The standard InChI is InChI=1S/C17H35N5/c1-13(2)22-10-8-15(9-11-22)20-17(18-3)19-12-16(21(4)5)14-6-7-14/h13-16H,6-12H2,1-5H3,(H2,18,19,20). The Kier molecular flexibility index (Phi) is 6.50. The van der Waals surface area contributed by atoms with Gasteiger partial charge in [-0.25, -0.2) is 0 Å². The Hall–Kier alpha value is -0.810. The van der Waals surface area contributed by atoms with Gasteiger partial charge in [-0.3, -0.25) is 4.99 Å². The van der Waals surface area contributed by atoms with Gasteiger partial charge in [0, 0.05) is 44.8 Å². The van der Waals surface area contributed by atoms with Crippen molar-refractivity contribution in [1.82, 2.24) is 20.4 Å². The van der Waals surface area contributed by atoms with Crippen molar-refractivity contribution < 1.29 is 0 Å². The minimum atomic E-state index is 0.555. The third kappa shape index (κ3) is 5.13. The van der Waals surface area contributed by atoms with Gasteiger partial charge in [0.1, 0.15) is 0 Å². The Morgan fingerprint density at radius 2 is 1.82 bits per heavy atom. The Balaban J connectivity index is 1.73. The Morgan fingerprint density at radius 1 is 1.18 bits per heavy atom. The van der Waals surface area contributed by atoms with Crippen LogP contribution in [0.5, 0.6) is 0 Å². The zero-order valence-electron chi connectivity index (χ0n) is 15.1. The summed E-state index contributed by atoms with van der Waals surface area (Å²) >= 11 is 0. The van der Waals surface area contributed by atoms with E-state index in [-0.39, 0.29) is 0 Å². The second-order valence-corrected chi connectivity index (χ2v) is 7.37. The number of hydrogen-bond donors (Lipinski definition) is 2. The van der Waals surface area contributed by atoms with Gasteiger partial charge in [-0.15, -0.1) is 0 Å². The minimum Gasteiger partial charge on any atom is -0.355 e. The van der Waals surface area contributed by atoms with Gasteiger partial charge < -0.3 is 20.4 Å². The zero-order valence-corrected chi connectivity index (χ0v) is 15.1. The topological polar surface area (TPSA) is 42.9 Å². The Labute approximate surface area is 136 Å². The fraction of sp³-hybridized carbons (Fsp3) is 0.941. The molecule has 22 heavy (non-hydrogen) atoms. The molecular weight excluding hydrogens is 274 g/mol. The largest absolute Gasteiger partial charge is 0.355 e. The first-order chi connectivity index (χ1) is 10.5. The summed E-state index contributed by atoms with van der Waals surface area (Å²) in [6, 6.07) is 1.85. The van der Waals surface area contributed by atoms with Crippen molar-refractivity contribution >= 4 is 5.96 Å². The SMILES string of the molecule is CN=C(NCC(C1CC1)N(C)C)NC1CCN(C(C)C)CC1. The molecule has 0 radical (unpaired) electrons. The Morgan fingerprint density at radius 3 is 2.27 bits per heavy atom. The van der Waals surface area contributed by atoms with E-state index in [0.717, 1.165) is 18.4 Å². The average Bonchev–Trinajstić information content (AvgIpc) is 3.31. The lowest BCUT2D eigenvalue weighted by molar-refractivity contribution is 0.167. The number of likely N-dealkylation sites (tertiary alicyclic amines) is 1. The number of guanidine groups is 1. The van der Waals surface area contributed by atoms with Crippen LogP contribution in [0.1, 0.15) is 39.5 Å². The van der Waals surface area contributed by atoms with Gasteiger partial charge in [-0.05, 0) is 59.5 Å². The summed E-state index contributed by atoms with van der Waals surface area (Å²) in [5.41, 5.74) is 0. The first-order valence-corrected chi connectivity index (χ1v) is 8.89. The lowest BCUT2D eigenvalue weighted by Gasteiger charge is -2.35. The Bertz CT molecular complexity index is 352. The molecule has 0 bridgehead atoms. The molecule has 1 unspecified atom stereocenters. The number of nitrogens with one attached hydrogen (secondary N) is 2. The van der Waals surface area contributed by atoms with Crippen molar-refractivity contribution in [3.05, 3.63) is 0 Å². The fourth-order valence-corrected chi connectivity index (χ4v) is 3.40. The minimum absolute atomic E-state index is 0.555. The van der Waals surface area contributed by atoms with E-state index in [1.807, 2.05) is 7.05 Å². The maximum atomic E-state index is 4.41. The van der Waals surface area contributed by atoms with Gasteiger partial charge in [0.25, 0.3) is 0 Å². The van der Waals surface area contributed by atoms with Crippen LogP contribution in [0.2, 0.25) is 0 Å². The molecule has 0 amide bonds. The smallest absolute Gasteiger partial charge is 0.191 e. The van der Waals surface area contributed by atoms with E-state index in [0.29, 0.717) is 18.1 Å². The number of nitrogens with zero attached hydrogens (tertiary/aromatic N) is 3. The highest BCUT2D eigenvalue weighted by molar-refractivity contribution is 5.80. The normalized spacial score (nSPS) is 23.1. The summed E-state index contributed by atoms with van der Waals surface area (Å²) in [4.78, 5) is 9.31. The van der Waals surface area contributed by atoms with Crippen LogP contribution >= 0.6 is 0 Å². The number of rotatable bonds is 6. The van der Waals surface area contributed by atoms with E-state index in [2.05, 4.69) is 53.4 Å². The summed E-state index contributed by atoms with van der Waals surface area (Å²) in [7, 11) is 6.24. The third-order valence-corrected chi connectivity index (χ3v) is 5.13. The van der Waals surface area contributed by atoms with E-state index >= 15 is 0 Å². The van der Waals surface area contributed by atoms with Crippen LogP contribution in [0.25, 0.3) is 0 Å². The predicted octanol–water partition coefficient (Wildman–Crippen LogP) is 1.36. The van der Waals surface area contributed by atoms with Gasteiger partial charge >= 0.3 is 0 Å². The molecule has 1 heterocycles. The maximum absolute atomic E-state index is 4.41. The van der Waals surface area contributed by atoms with Crippen molar-refractivity contribution in [2.75, 3.05) is 40.8 Å². The van der Waals surface area contributed by atoms with E-state index in [9.17, 15) is 0 Å². The molecule has 0 spiro atoms. The zero-order chi connectivity index (χ0) is 16.1. The molecule has 1 saturated carbocycles. The molecule has 5 heteroatoms. The van der Waals surface area contributed by atoms with E-state index < -0.39 is 0 Å². The number of likely N-dealkylation sites (N-methyl/N-ethyl adjacent to an activating group) is 1. The van der Waals surface area contributed by atoms with Crippen LogP contribution in [-0.2, 0) is 0 Å². The molecule has 2 aliphatic rings. The molecule has 0 aromatic rings. The highest BCUT2D eigenvalue weighted by Crippen LogP contribution is 2.34. The first kappa shape index (κ1) is 17.5. The molecule has 2 rings (SSSR count). The molecule has 5 nitrogen and oxygen atoms in total. The second-order valence-electron chi connectivity index (χ2n) is 7.37. The van der Waals surface area contributed by atoms with Crippen molar-refractivity contribution in [1.29, 1.82) is 0 Å². The number of hydrogen-bond acceptors (Lipinski definition) is 3. The molecule has 0 aromatic heterocycles. The highest BCUT2D eigenvalue weighted by Gasteiger charge is 2.32. The molecule has 2 N–H and O–H groups in total. The van der Waals surface area contributed by atoms with Gasteiger partial charge in [0.05, 0.1) is 0 Å².